The highest BCUT2D eigenvalue weighted by Crippen LogP contribution is 2.44. The second-order valence-corrected chi connectivity index (χ2v) is 10.1. The van der Waals surface area contributed by atoms with E-state index in [0.29, 0.717) is 5.75 Å². The van der Waals surface area contributed by atoms with Gasteiger partial charge in [0.05, 0.1) is 10.7 Å². The molecule has 0 aromatic heterocycles. The van der Waals surface area contributed by atoms with Crippen LogP contribution in [0.5, 0.6) is 5.75 Å². The minimum atomic E-state index is 0.223. The van der Waals surface area contributed by atoms with Crippen LogP contribution in [0.1, 0.15) is 44.2 Å². The minimum Gasteiger partial charge on any atom is -0.508 e. The molecule has 2 N–H and O–H groups in total. The third kappa shape index (κ3) is 5.31. The van der Waals surface area contributed by atoms with Gasteiger partial charge in [-0.3, -0.25) is 4.90 Å². The second-order valence-electron chi connectivity index (χ2n) is 6.84. The van der Waals surface area contributed by atoms with Gasteiger partial charge in [0, 0.05) is 29.2 Å². The van der Waals surface area contributed by atoms with Crippen molar-refractivity contribution >= 4 is 23.5 Å². The Morgan fingerprint density at radius 1 is 1.39 bits per heavy atom. The van der Waals surface area contributed by atoms with Crippen LogP contribution in [0.15, 0.2) is 18.2 Å². The zero-order valence-corrected chi connectivity index (χ0v) is 16.6. The molecule has 1 aromatic carbocycles. The molecule has 0 bridgehead atoms. The first kappa shape index (κ1) is 19.0. The van der Waals surface area contributed by atoms with Crippen molar-refractivity contribution in [3.05, 3.63) is 29.3 Å². The van der Waals surface area contributed by atoms with Gasteiger partial charge in [0.2, 0.25) is 0 Å². The van der Waals surface area contributed by atoms with E-state index in [1.807, 2.05) is 35.7 Å². The number of nitrogens with one attached hydrogen (secondary N) is 1. The summed E-state index contributed by atoms with van der Waals surface area (Å²) >= 11 is 3.91. The van der Waals surface area contributed by atoms with E-state index in [4.69, 9.17) is 0 Å². The van der Waals surface area contributed by atoms with E-state index in [2.05, 4.69) is 51.0 Å². The first-order valence-corrected chi connectivity index (χ1v) is 10.3. The molecule has 2 unspecified atom stereocenters. The van der Waals surface area contributed by atoms with Gasteiger partial charge in [0.1, 0.15) is 5.75 Å². The molecular weight excluding hydrogens is 324 g/mol. The molecule has 3 nitrogen and oxygen atoms in total. The van der Waals surface area contributed by atoms with Gasteiger partial charge in [-0.25, -0.2) is 0 Å². The third-order valence-corrected chi connectivity index (χ3v) is 7.06. The van der Waals surface area contributed by atoms with E-state index >= 15 is 0 Å². The monoisotopic (exact) mass is 354 g/mol. The fourth-order valence-electron chi connectivity index (χ4n) is 2.62. The maximum atomic E-state index is 10.00. The lowest BCUT2D eigenvalue weighted by Gasteiger charge is -2.16. The average Bonchev–Trinajstić information content (AvgIpc) is 3.05. The van der Waals surface area contributed by atoms with E-state index < -0.39 is 0 Å². The van der Waals surface area contributed by atoms with Gasteiger partial charge in [0.25, 0.3) is 0 Å². The number of nitrogens with zero attached hydrogens (tertiary/aromatic N) is 1. The number of hydrogen-bond acceptors (Lipinski definition) is 5. The Balaban J connectivity index is 0.000000229. The van der Waals surface area contributed by atoms with E-state index in [9.17, 15) is 5.11 Å². The molecule has 2 aliphatic heterocycles. The van der Waals surface area contributed by atoms with Crippen LogP contribution in [-0.4, -0.2) is 46.0 Å². The normalized spacial score (nSPS) is 26.8. The van der Waals surface area contributed by atoms with Crippen LogP contribution in [0.25, 0.3) is 0 Å². The molecule has 0 saturated carbocycles. The summed E-state index contributed by atoms with van der Waals surface area (Å²) in [5.41, 5.74) is 2.19. The summed E-state index contributed by atoms with van der Waals surface area (Å²) in [6.45, 7) is 11.0. The Morgan fingerprint density at radius 2 is 2.13 bits per heavy atom. The van der Waals surface area contributed by atoms with E-state index in [1.165, 1.54) is 17.9 Å². The molecule has 3 rings (SSSR count). The number of phenolic OH excluding ortho intramolecular Hbond substituents is 1. The highest BCUT2D eigenvalue weighted by Gasteiger charge is 2.33. The number of phenols is 1. The summed E-state index contributed by atoms with van der Waals surface area (Å²) in [5, 5.41) is 14.4. The van der Waals surface area contributed by atoms with Crippen molar-refractivity contribution in [2.75, 3.05) is 25.9 Å². The van der Waals surface area contributed by atoms with Gasteiger partial charge in [-0.15, -0.1) is 23.5 Å². The van der Waals surface area contributed by atoms with E-state index in [0.717, 1.165) is 23.9 Å². The smallest absolute Gasteiger partial charge is 0.121 e. The quantitative estimate of drug-likeness (QED) is 0.837. The molecule has 2 heterocycles. The second kappa shape index (κ2) is 8.15. The van der Waals surface area contributed by atoms with E-state index in [-0.39, 0.29) is 10.1 Å². The molecular formula is C18H30N2OS2. The zero-order chi connectivity index (χ0) is 17.0. The maximum Gasteiger partial charge on any atom is 0.121 e. The number of thioether (sulfide) groups is 2. The van der Waals surface area contributed by atoms with Gasteiger partial charge < -0.3 is 10.4 Å². The molecule has 2 fully saturated rings. The fraction of sp³-hybridized carbons (Fsp3) is 0.667. The molecule has 1 aromatic rings. The summed E-state index contributed by atoms with van der Waals surface area (Å²) in [6.07, 6.45) is 0.963. The van der Waals surface area contributed by atoms with Crippen molar-refractivity contribution in [3.8, 4) is 5.75 Å². The summed E-state index contributed by atoms with van der Waals surface area (Å²) in [5.74, 6) is 1.74. The molecule has 23 heavy (non-hydrogen) atoms. The lowest BCUT2D eigenvalue weighted by molar-refractivity contribution is 0.368. The van der Waals surface area contributed by atoms with Crippen LogP contribution in [0.4, 0.5) is 0 Å². The largest absolute Gasteiger partial charge is 0.508 e. The maximum absolute atomic E-state index is 10.00. The first-order chi connectivity index (χ1) is 10.8. The Labute approximate surface area is 149 Å². The summed E-state index contributed by atoms with van der Waals surface area (Å²) in [6, 6.07) is 6.02. The van der Waals surface area contributed by atoms with Crippen LogP contribution in [0.2, 0.25) is 0 Å². The van der Waals surface area contributed by atoms with Gasteiger partial charge in [-0.05, 0) is 45.9 Å². The van der Waals surface area contributed by atoms with Gasteiger partial charge in [-0.1, -0.05) is 19.1 Å². The van der Waals surface area contributed by atoms with Gasteiger partial charge in [-0.2, -0.15) is 0 Å². The Hall–Kier alpha value is -0.360. The fourth-order valence-corrected chi connectivity index (χ4v) is 5.01. The summed E-state index contributed by atoms with van der Waals surface area (Å²) in [4.78, 5) is 2.37. The lowest BCUT2D eigenvalue weighted by atomic mass is 10.1. The highest BCUT2D eigenvalue weighted by molar-refractivity contribution is 8.01. The molecule has 0 aliphatic carbocycles. The van der Waals surface area contributed by atoms with Crippen molar-refractivity contribution < 1.29 is 5.11 Å². The topological polar surface area (TPSA) is 35.5 Å². The van der Waals surface area contributed by atoms with Crippen molar-refractivity contribution in [1.29, 1.82) is 0 Å². The third-order valence-electron chi connectivity index (χ3n) is 4.36. The van der Waals surface area contributed by atoms with Crippen LogP contribution in [0.3, 0.4) is 0 Å². The first-order valence-electron chi connectivity index (χ1n) is 8.37. The lowest BCUT2D eigenvalue weighted by Crippen LogP contribution is -2.21. The molecule has 5 heteroatoms. The van der Waals surface area contributed by atoms with E-state index in [1.54, 1.807) is 0 Å². The van der Waals surface area contributed by atoms with Crippen molar-refractivity contribution in [1.82, 2.24) is 10.2 Å². The standard InChI is InChI=1S/C13H19NOS.C5H11NS/c1-4-9-5-6-10(11(15)7-9)12-14-8-13(2,3)16-12;1-5-6(2)3-4-7-5/h5-7,12,14-15H,4,8H2,1-3H3;5H,3-4H2,1-2H3. The van der Waals surface area contributed by atoms with Crippen molar-refractivity contribution in [2.45, 2.75) is 49.6 Å². The molecule has 0 amide bonds. The van der Waals surface area contributed by atoms with Crippen molar-refractivity contribution in [3.63, 3.8) is 0 Å². The highest BCUT2D eigenvalue weighted by atomic mass is 32.2. The summed E-state index contributed by atoms with van der Waals surface area (Å²) in [7, 11) is 2.17. The van der Waals surface area contributed by atoms with Crippen LogP contribution in [0, 0.1) is 0 Å². The molecule has 130 valence electrons. The number of hydrogen-bond donors (Lipinski definition) is 2. The minimum absolute atomic E-state index is 0.223. The van der Waals surface area contributed by atoms with Crippen LogP contribution >= 0.6 is 23.5 Å². The number of aryl methyl sites for hydroxylation is 1. The van der Waals surface area contributed by atoms with Crippen LogP contribution < -0.4 is 5.32 Å². The van der Waals surface area contributed by atoms with Crippen LogP contribution in [-0.2, 0) is 6.42 Å². The average molecular weight is 355 g/mol. The van der Waals surface area contributed by atoms with Gasteiger partial charge in [0.15, 0.2) is 0 Å². The predicted octanol–water partition coefficient (Wildman–Crippen LogP) is 4.08. The number of benzene rings is 1. The Bertz CT molecular complexity index is 514. The number of aromatic hydroxyl groups is 1. The molecule has 2 saturated heterocycles. The Morgan fingerprint density at radius 3 is 2.52 bits per heavy atom. The van der Waals surface area contributed by atoms with Crippen molar-refractivity contribution in [2.24, 2.45) is 0 Å². The van der Waals surface area contributed by atoms with Gasteiger partial charge >= 0.3 is 0 Å². The SMILES string of the molecule is CC1SCCN1C.CCc1ccc(C2NCC(C)(C)S2)c(O)c1. The zero-order valence-electron chi connectivity index (χ0n) is 14.9. The summed E-state index contributed by atoms with van der Waals surface area (Å²) < 4.78 is 0.251. The Kier molecular flexibility index (Phi) is 6.72. The molecule has 0 radical (unpaired) electrons. The molecule has 2 atom stereocenters. The number of rotatable bonds is 2. The molecule has 0 spiro atoms. The predicted molar refractivity (Wildman–Crippen MR) is 104 cm³/mol. The molecule has 2 aliphatic rings.